The van der Waals surface area contributed by atoms with Gasteiger partial charge in [-0.1, -0.05) is 18.2 Å². The lowest BCUT2D eigenvalue weighted by Gasteiger charge is -2.09. The number of benzene rings is 1. The maximum atomic E-state index is 12.2. The molecule has 0 saturated heterocycles. The van der Waals surface area contributed by atoms with Crippen molar-refractivity contribution in [1.29, 1.82) is 0 Å². The number of nitrogens with one attached hydrogen (secondary N) is 3. The van der Waals surface area contributed by atoms with Crippen LogP contribution in [-0.4, -0.2) is 43.5 Å². The van der Waals surface area contributed by atoms with Crippen LogP contribution < -0.4 is 10.6 Å². The van der Waals surface area contributed by atoms with Gasteiger partial charge >= 0.3 is 0 Å². The Morgan fingerprint density at radius 1 is 1.18 bits per heavy atom. The lowest BCUT2D eigenvalue weighted by Crippen LogP contribution is -2.30. The molecular formula is C20H21N7O. The molecule has 3 N–H and O–H groups in total. The Kier molecular flexibility index (Phi) is 5.01. The van der Waals surface area contributed by atoms with Crippen LogP contribution in [0.25, 0.3) is 16.7 Å². The summed E-state index contributed by atoms with van der Waals surface area (Å²) in [5.41, 5.74) is 2.04. The first kappa shape index (κ1) is 17.7. The van der Waals surface area contributed by atoms with E-state index in [4.69, 9.17) is 0 Å². The van der Waals surface area contributed by atoms with Crippen LogP contribution >= 0.6 is 0 Å². The van der Waals surface area contributed by atoms with Crippen molar-refractivity contribution in [2.45, 2.75) is 13.3 Å². The molecule has 0 fully saturated rings. The third kappa shape index (κ3) is 3.85. The molecule has 0 aliphatic rings. The van der Waals surface area contributed by atoms with Crippen LogP contribution in [0.4, 0.5) is 5.82 Å². The Hall–Kier alpha value is -3.68. The van der Waals surface area contributed by atoms with Crippen molar-refractivity contribution in [3.05, 3.63) is 66.6 Å². The van der Waals surface area contributed by atoms with Crippen LogP contribution in [0.5, 0.6) is 0 Å². The highest BCUT2D eigenvalue weighted by Crippen LogP contribution is 2.17. The number of para-hydroxylation sites is 1. The van der Waals surface area contributed by atoms with Crippen LogP contribution in [0.3, 0.4) is 0 Å². The lowest BCUT2D eigenvalue weighted by atomic mass is 10.1. The number of aromatic nitrogens is 5. The molecule has 28 heavy (non-hydrogen) atoms. The second-order valence-electron chi connectivity index (χ2n) is 6.42. The number of rotatable bonds is 7. The Balaban J connectivity index is 1.28. The molecule has 0 atom stereocenters. The topological polar surface area (TPSA) is 101 Å². The smallest absolute Gasteiger partial charge is 0.224 e. The van der Waals surface area contributed by atoms with Gasteiger partial charge in [0.2, 0.25) is 5.91 Å². The molecule has 1 aromatic carbocycles. The fourth-order valence-corrected chi connectivity index (χ4v) is 3.10. The summed E-state index contributed by atoms with van der Waals surface area (Å²) in [7, 11) is 0. The van der Waals surface area contributed by atoms with Gasteiger partial charge in [-0.15, -0.1) is 0 Å². The number of imidazole rings is 1. The lowest BCUT2D eigenvalue weighted by molar-refractivity contribution is -0.120. The van der Waals surface area contributed by atoms with E-state index in [1.54, 1.807) is 6.20 Å². The molecule has 0 spiro atoms. The number of fused-ring (bicyclic) bond motifs is 1. The first-order chi connectivity index (χ1) is 13.7. The highest BCUT2D eigenvalue weighted by Gasteiger charge is 2.08. The van der Waals surface area contributed by atoms with Crippen LogP contribution in [0.15, 0.2) is 55.2 Å². The van der Waals surface area contributed by atoms with Gasteiger partial charge in [-0.05, 0) is 18.6 Å². The number of H-pyrrole nitrogens is 1. The predicted octanol–water partition coefficient (Wildman–Crippen LogP) is 2.22. The minimum absolute atomic E-state index is 0.0102. The number of carbonyl (C=O) groups is 1. The normalized spacial score (nSPS) is 10.9. The summed E-state index contributed by atoms with van der Waals surface area (Å²) in [5, 5.41) is 7.22. The summed E-state index contributed by atoms with van der Waals surface area (Å²) < 4.78 is 1.88. The molecule has 0 aliphatic carbocycles. The van der Waals surface area contributed by atoms with Gasteiger partial charge in [-0.3, -0.25) is 9.36 Å². The molecule has 4 rings (SSSR count). The molecule has 3 aromatic heterocycles. The quantitative estimate of drug-likeness (QED) is 0.430. The van der Waals surface area contributed by atoms with Crippen molar-refractivity contribution in [2.24, 2.45) is 0 Å². The number of aryl methyl sites for hydroxylation is 1. The molecule has 4 aromatic rings. The molecule has 0 saturated carbocycles. The van der Waals surface area contributed by atoms with Crippen molar-refractivity contribution < 1.29 is 4.79 Å². The maximum Gasteiger partial charge on any atom is 0.224 e. The molecule has 0 radical (unpaired) electrons. The van der Waals surface area contributed by atoms with Crippen molar-refractivity contribution in [2.75, 3.05) is 18.4 Å². The van der Waals surface area contributed by atoms with Gasteiger partial charge in [0.1, 0.15) is 23.8 Å². The van der Waals surface area contributed by atoms with Crippen molar-refractivity contribution >= 4 is 22.6 Å². The third-order valence-corrected chi connectivity index (χ3v) is 4.50. The van der Waals surface area contributed by atoms with Crippen molar-refractivity contribution in [3.63, 3.8) is 0 Å². The molecule has 8 heteroatoms. The predicted molar refractivity (Wildman–Crippen MR) is 107 cm³/mol. The Labute approximate surface area is 162 Å². The second kappa shape index (κ2) is 7.91. The van der Waals surface area contributed by atoms with E-state index >= 15 is 0 Å². The molecule has 8 nitrogen and oxygen atoms in total. The summed E-state index contributed by atoms with van der Waals surface area (Å²) in [5.74, 6) is 2.29. The van der Waals surface area contributed by atoms with Gasteiger partial charge < -0.3 is 15.6 Å². The zero-order chi connectivity index (χ0) is 19.3. The number of anilines is 1. The SMILES string of the molecule is Cc1nccn1-c1cc(NCCNC(=O)Cc2c[nH]c3ccccc23)ncn1. The number of amides is 1. The van der Waals surface area contributed by atoms with Crippen LogP contribution in [0, 0.1) is 6.92 Å². The third-order valence-electron chi connectivity index (χ3n) is 4.50. The van der Waals surface area contributed by atoms with Crippen LogP contribution in [0.1, 0.15) is 11.4 Å². The first-order valence-electron chi connectivity index (χ1n) is 9.08. The van der Waals surface area contributed by atoms with E-state index in [1.165, 1.54) is 6.33 Å². The molecular weight excluding hydrogens is 354 g/mol. The average Bonchev–Trinajstić information content (AvgIpc) is 3.32. The zero-order valence-electron chi connectivity index (χ0n) is 15.5. The monoisotopic (exact) mass is 375 g/mol. The van der Waals surface area contributed by atoms with Crippen LogP contribution in [0.2, 0.25) is 0 Å². The number of carbonyl (C=O) groups excluding carboxylic acids is 1. The standard InChI is InChI=1S/C20H21N7O/c1-14-21-8-9-27(14)19-11-18(25-13-26-19)22-6-7-23-20(28)10-15-12-24-17-5-3-2-4-16(15)17/h2-5,8-9,11-13,24H,6-7,10H2,1H3,(H,23,28)(H,22,25,26). The van der Waals surface area contributed by atoms with Crippen molar-refractivity contribution in [1.82, 2.24) is 29.8 Å². The average molecular weight is 375 g/mol. The fraction of sp³-hybridized carbons (Fsp3) is 0.200. The summed E-state index contributed by atoms with van der Waals surface area (Å²) in [6, 6.07) is 9.82. The maximum absolute atomic E-state index is 12.2. The Bertz CT molecular complexity index is 1100. The number of hydrogen-bond donors (Lipinski definition) is 3. The first-order valence-corrected chi connectivity index (χ1v) is 9.08. The highest BCUT2D eigenvalue weighted by atomic mass is 16.1. The van der Waals surface area contributed by atoms with E-state index in [1.807, 2.05) is 54.2 Å². The molecule has 0 unspecified atom stereocenters. The summed E-state index contributed by atoms with van der Waals surface area (Å²) in [6.45, 7) is 2.99. The number of nitrogens with zero attached hydrogens (tertiary/aromatic N) is 4. The van der Waals surface area contributed by atoms with Gasteiger partial charge in [0.05, 0.1) is 6.42 Å². The Morgan fingerprint density at radius 3 is 2.93 bits per heavy atom. The minimum atomic E-state index is -0.0102. The highest BCUT2D eigenvalue weighted by molar-refractivity contribution is 5.88. The molecule has 1 amide bonds. The number of hydrogen-bond acceptors (Lipinski definition) is 5. The van der Waals surface area contributed by atoms with Gasteiger partial charge in [0.25, 0.3) is 0 Å². The number of aromatic amines is 1. The fourth-order valence-electron chi connectivity index (χ4n) is 3.10. The molecule has 3 heterocycles. The largest absolute Gasteiger partial charge is 0.368 e. The molecule has 142 valence electrons. The van der Waals surface area contributed by atoms with Gasteiger partial charge in [0.15, 0.2) is 0 Å². The van der Waals surface area contributed by atoms with E-state index in [2.05, 4.69) is 30.6 Å². The Morgan fingerprint density at radius 2 is 2.07 bits per heavy atom. The summed E-state index contributed by atoms with van der Waals surface area (Å²) in [6.07, 6.45) is 7.33. The van der Waals surface area contributed by atoms with E-state index in [9.17, 15) is 4.79 Å². The van der Waals surface area contributed by atoms with E-state index < -0.39 is 0 Å². The summed E-state index contributed by atoms with van der Waals surface area (Å²) >= 11 is 0. The van der Waals surface area contributed by atoms with E-state index in [0.717, 1.165) is 28.1 Å². The van der Waals surface area contributed by atoms with Gasteiger partial charge in [-0.2, -0.15) is 0 Å². The van der Waals surface area contributed by atoms with E-state index in [0.29, 0.717) is 25.3 Å². The van der Waals surface area contributed by atoms with Crippen LogP contribution in [-0.2, 0) is 11.2 Å². The van der Waals surface area contributed by atoms with Crippen molar-refractivity contribution in [3.8, 4) is 5.82 Å². The van der Waals surface area contributed by atoms with Gasteiger partial charge in [0, 0.05) is 48.6 Å². The van der Waals surface area contributed by atoms with E-state index in [-0.39, 0.29) is 5.91 Å². The molecule has 0 aliphatic heterocycles. The molecule has 0 bridgehead atoms. The second-order valence-corrected chi connectivity index (χ2v) is 6.42. The zero-order valence-corrected chi connectivity index (χ0v) is 15.5. The van der Waals surface area contributed by atoms with Gasteiger partial charge in [-0.25, -0.2) is 15.0 Å². The summed E-state index contributed by atoms with van der Waals surface area (Å²) in [4.78, 5) is 28.1. The minimum Gasteiger partial charge on any atom is -0.368 e.